The van der Waals surface area contributed by atoms with Crippen LogP contribution in [-0.4, -0.2) is 96.7 Å². The molecule has 0 rings (SSSR count). The molecule has 0 aliphatic carbocycles. The predicted octanol–water partition coefficient (Wildman–Crippen LogP) is 21.1. The number of carbonyl (C=O) groups is 4. The number of phosphoric acid groups is 2. The minimum atomic E-state index is -4.95. The zero-order chi connectivity index (χ0) is 66.8. The van der Waals surface area contributed by atoms with Gasteiger partial charge in [0.15, 0.2) is 12.2 Å². The molecule has 0 aromatic carbocycles. The van der Waals surface area contributed by atoms with E-state index in [1.807, 2.05) is 0 Å². The number of aliphatic hydroxyl groups excluding tert-OH is 1. The van der Waals surface area contributed by atoms with E-state index < -0.39 is 97.5 Å². The average Bonchev–Trinajstić information content (AvgIpc) is 2.35. The topological polar surface area (TPSA) is 237 Å². The zero-order valence-corrected chi connectivity index (χ0v) is 60.6. The van der Waals surface area contributed by atoms with Gasteiger partial charge in [-0.15, -0.1) is 0 Å². The maximum Gasteiger partial charge on any atom is 0.472 e. The van der Waals surface area contributed by atoms with Crippen molar-refractivity contribution in [3.63, 3.8) is 0 Å². The quantitative estimate of drug-likeness (QED) is 0.0222. The molecule has 5 atom stereocenters. The normalized spacial score (nSPS) is 14.0. The Balaban J connectivity index is 5.19. The van der Waals surface area contributed by atoms with Gasteiger partial charge in [0.05, 0.1) is 26.4 Å². The fraction of sp³-hybridized carbons (Fsp3) is 0.944. The Morgan fingerprint density at radius 2 is 0.440 bits per heavy atom. The first-order chi connectivity index (χ1) is 44.2. The third kappa shape index (κ3) is 66.5. The molecule has 19 heteroatoms. The summed E-state index contributed by atoms with van der Waals surface area (Å²) in [5, 5.41) is 10.6. The molecule has 0 aromatic rings. The summed E-state index contributed by atoms with van der Waals surface area (Å²) in [6.07, 6.45) is 55.4. The Morgan fingerprint density at radius 3 is 0.648 bits per heavy atom. The molecule has 0 amide bonds. The average molecular weight is 1340 g/mol. The van der Waals surface area contributed by atoms with Gasteiger partial charge in [-0.1, -0.05) is 329 Å². The van der Waals surface area contributed by atoms with E-state index in [0.717, 1.165) is 89.9 Å². The molecular weight excluding hydrogens is 1200 g/mol. The first-order valence-corrected chi connectivity index (χ1v) is 40.8. The third-order valence-corrected chi connectivity index (χ3v) is 18.8. The summed E-state index contributed by atoms with van der Waals surface area (Å²) in [6.45, 7) is 4.94. The van der Waals surface area contributed by atoms with Gasteiger partial charge < -0.3 is 33.8 Å². The van der Waals surface area contributed by atoms with E-state index in [9.17, 15) is 43.2 Å². The van der Waals surface area contributed by atoms with Crippen LogP contribution in [0, 0.1) is 0 Å². The van der Waals surface area contributed by atoms with Crippen LogP contribution in [0.3, 0.4) is 0 Å². The number of phosphoric ester groups is 2. The number of unbranched alkanes of at least 4 members (excludes halogenated alkanes) is 47. The van der Waals surface area contributed by atoms with E-state index in [4.69, 9.17) is 37.0 Å². The van der Waals surface area contributed by atoms with Gasteiger partial charge in [-0.25, -0.2) is 9.13 Å². The summed E-state index contributed by atoms with van der Waals surface area (Å²) in [5.41, 5.74) is 0. The molecule has 0 aliphatic heterocycles. The summed E-state index contributed by atoms with van der Waals surface area (Å²) in [7, 11) is -9.90. The number of carbonyl (C=O) groups excluding carboxylic acids is 4. The van der Waals surface area contributed by atoms with E-state index in [1.54, 1.807) is 0 Å². The smallest absolute Gasteiger partial charge is 0.462 e. The molecule has 0 aromatic heterocycles. The van der Waals surface area contributed by atoms with Crippen molar-refractivity contribution in [3.8, 4) is 0 Å². The van der Waals surface area contributed by atoms with Gasteiger partial charge in [0.2, 0.25) is 0 Å². The molecule has 17 nitrogen and oxygen atoms in total. The van der Waals surface area contributed by atoms with Gasteiger partial charge in [0, 0.05) is 25.7 Å². The molecule has 0 bridgehead atoms. The van der Waals surface area contributed by atoms with Crippen molar-refractivity contribution >= 4 is 39.5 Å². The van der Waals surface area contributed by atoms with Crippen molar-refractivity contribution < 1.29 is 80.2 Å². The molecule has 0 aliphatic rings. The Hall–Kier alpha value is -1.94. The van der Waals surface area contributed by atoms with Crippen LogP contribution < -0.4 is 0 Å². The monoisotopic (exact) mass is 1340 g/mol. The van der Waals surface area contributed by atoms with E-state index in [2.05, 4.69) is 27.7 Å². The lowest BCUT2D eigenvalue weighted by Crippen LogP contribution is -2.30. The highest BCUT2D eigenvalue weighted by molar-refractivity contribution is 7.47. The lowest BCUT2D eigenvalue weighted by Gasteiger charge is -2.21. The molecule has 2 unspecified atom stereocenters. The minimum absolute atomic E-state index is 0.107. The first kappa shape index (κ1) is 89.1. The minimum Gasteiger partial charge on any atom is -0.462 e. The molecule has 3 N–H and O–H groups in total. The van der Waals surface area contributed by atoms with Crippen molar-refractivity contribution in [2.24, 2.45) is 0 Å². The fourth-order valence-corrected chi connectivity index (χ4v) is 12.6. The highest BCUT2D eigenvalue weighted by atomic mass is 31.2. The molecule has 91 heavy (non-hydrogen) atoms. The molecule has 0 saturated carbocycles. The molecule has 0 spiro atoms. The van der Waals surface area contributed by atoms with E-state index in [1.165, 1.54) is 212 Å². The summed E-state index contributed by atoms with van der Waals surface area (Å²) >= 11 is 0. The van der Waals surface area contributed by atoms with Gasteiger partial charge in [0.25, 0.3) is 0 Å². The predicted molar refractivity (Wildman–Crippen MR) is 368 cm³/mol. The van der Waals surface area contributed by atoms with Crippen molar-refractivity contribution in [2.45, 2.75) is 399 Å². The Morgan fingerprint density at radius 1 is 0.264 bits per heavy atom. The van der Waals surface area contributed by atoms with E-state index >= 15 is 0 Å². The van der Waals surface area contributed by atoms with Gasteiger partial charge in [0.1, 0.15) is 19.3 Å². The zero-order valence-electron chi connectivity index (χ0n) is 58.8. The number of ether oxygens (including phenoxy) is 4. The second kappa shape index (κ2) is 66.7. The van der Waals surface area contributed by atoms with Crippen LogP contribution in [0.4, 0.5) is 0 Å². The lowest BCUT2D eigenvalue weighted by atomic mass is 10.0. The van der Waals surface area contributed by atoms with Gasteiger partial charge >= 0.3 is 39.5 Å². The van der Waals surface area contributed by atoms with Crippen LogP contribution in [0.5, 0.6) is 0 Å². The maximum absolute atomic E-state index is 13.0. The van der Waals surface area contributed by atoms with Gasteiger partial charge in [-0.3, -0.25) is 37.3 Å². The second-order valence-corrected chi connectivity index (χ2v) is 28.9. The Bertz CT molecular complexity index is 1740. The molecule has 0 saturated heterocycles. The largest absolute Gasteiger partial charge is 0.472 e. The summed E-state index contributed by atoms with van der Waals surface area (Å²) in [4.78, 5) is 72.5. The molecule has 0 heterocycles. The van der Waals surface area contributed by atoms with E-state index in [-0.39, 0.29) is 25.7 Å². The van der Waals surface area contributed by atoms with Crippen LogP contribution in [0.25, 0.3) is 0 Å². The highest BCUT2D eigenvalue weighted by Crippen LogP contribution is 2.45. The van der Waals surface area contributed by atoms with Crippen LogP contribution in [-0.2, 0) is 65.4 Å². The second-order valence-electron chi connectivity index (χ2n) is 26.0. The summed E-state index contributed by atoms with van der Waals surface area (Å²) in [5.74, 6) is -2.12. The number of rotatable bonds is 73. The van der Waals surface area contributed by atoms with Crippen LogP contribution in [0.15, 0.2) is 0 Å². The highest BCUT2D eigenvalue weighted by Gasteiger charge is 2.30. The van der Waals surface area contributed by atoms with Crippen molar-refractivity contribution in [3.05, 3.63) is 0 Å². The number of hydrogen-bond acceptors (Lipinski definition) is 15. The lowest BCUT2D eigenvalue weighted by molar-refractivity contribution is -0.161. The standard InChI is InChI=1S/C72H140O17P2/c1-5-9-13-17-21-25-29-31-32-33-34-35-36-37-39-43-47-51-55-59-72(77)89-68(63-83-70(75)57-53-49-45-42-38-30-26-22-18-14-10-6-2)65-87-91(80,81)85-61-66(73)60-84-90(78,79)86-64-67(88-71(76)58-54-50-46-41-28-24-20-16-12-8-4)62-82-69(74)56-52-48-44-40-27-23-19-15-11-7-3/h66-68,73H,5-65H2,1-4H3,(H,78,79)(H,80,81)/t66-,67+,68+/m0/s1. The molecule has 0 fully saturated rings. The number of esters is 4. The van der Waals surface area contributed by atoms with Gasteiger partial charge in [-0.05, 0) is 25.7 Å². The summed E-state index contributed by atoms with van der Waals surface area (Å²) < 4.78 is 68.3. The van der Waals surface area contributed by atoms with E-state index in [0.29, 0.717) is 25.7 Å². The number of aliphatic hydroxyl groups is 1. The SMILES string of the molecule is CCCCCCCCCCCCCCCCCCCCCC(=O)O[C@H](COC(=O)CCCCCCCCCCCCCC)COP(=O)(O)OC[C@@H](O)COP(=O)(O)OC[C@@H](COC(=O)CCCCCCCCCCCC)OC(=O)CCCCCCCCCCCC. The summed E-state index contributed by atoms with van der Waals surface area (Å²) in [6, 6.07) is 0. The van der Waals surface area contributed by atoms with Crippen molar-refractivity contribution in [2.75, 3.05) is 39.6 Å². The third-order valence-electron chi connectivity index (χ3n) is 16.9. The van der Waals surface area contributed by atoms with Crippen molar-refractivity contribution in [1.82, 2.24) is 0 Å². The van der Waals surface area contributed by atoms with Crippen LogP contribution in [0.1, 0.15) is 381 Å². The maximum atomic E-state index is 13.0. The van der Waals surface area contributed by atoms with Crippen LogP contribution in [0.2, 0.25) is 0 Å². The Labute approximate surface area is 556 Å². The van der Waals surface area contributed by atoms with Gasteiger partial charge in [-0.2, -0.15) is 0 Å². The Kier molecular flexibility index (Phi) is 65.2. The number of hydrogen-bond donors (Lipinski definition) is 3. The molecule has 0 radical (unpaired) electrons. The first-order valence-electron chi connectivity index (χ1n) is 37.8. The molecular formula is C72H140O17P2. The fourth-order valence-electron chi connectivity index (χ4n) is 11.0. The van der Waals surface area contributed by atoms with Crippen LogP contribution >= 0.6 is 15.6 Å². The van der Waals surface area contributed by atoms with Crippen molar-refractivity contribution in [1.29, 1.82) is 0 Å². The molecule has 540 valence electrons.